The van der Waals surface area contributed by atoms with Crippen LogP contribution in [0.4, 0.5) is 4.39 Å². The van der Waals surface area contributed by atoms with Gasteiger partial charge in [-0.3, -0.25) is 0 Å². The van der Waals surface area contributed by atoms with Gasteiger partial charge in [-0.05, 0) is 55.5 Å². The quantitative estimate of drug-likeness (QED) is 0.780. The average molecular weight is 272 g/mol. The summed E-state index contributed by atoms with van der Waals surface area (Å²) in [6.45, 7) is 8.62. The van der Waals surface area contributed by atoms with E-state index in [1.165, 1.54) is 6.07 Å². The topological polar surface area (TPSA) is 12.0 Å². The van der Waals surface area contributed by atoms with Gasteiger partial charge in [0.2, 0.25) is 0 Å². The van der Waals surface area contributed by atoms with Crippen molar-refractivity contribution in [3.63, 3.8) is 0 Å². The Hall–Kier alpha value is -0.600. The predicted molar refractivity (Wildman–Crippen MR) is 76.6 cm³/mol. The van der Waals surface area contributed by atoms with E-state index >= 15 is 0 Å². The molecule has 1 atom stereocenters. The van der Waals surface area contributed by atoms with E-state index < -0.39 is 0 Å². The lowest BCUT2D eigenvalue weighted by molar-refractivity contribution is 0.451. The summed E-state index contributed by atoms with van der Waals surface area (Å²) < 4.78 is 13.6. The van der Waals surface area contributed by atoms with E-state index in [1.807, 2.05) is 0 Å². The Balaban J connectivity index is 2.31. The van der Waals surface area contributed by atoms with Crippen LogP contribution in [0, 0.1) is 17.7 Å². The molecule has 0 aliphatic heterocycles. The summed E-state index contributed by atoms with van der Waals surface area (Å²) in [5, 5.41) is 3.89. The second-order valence-electron chi connectivity index (χ2n) is 5.43. The molecule has 1 rings (SSSR count). The molecule has 0 aliphatic rings. The third kappa shape index (κ3) is 5.83. The Bertz CT molecular complexity index is 366. The van der Waals surface area contributed by atoms with Gasteiger partial charge in [0.05, 0.1) is 0 Å². The van der Waals surface area contributed by atoms with E-state index in [1.54, 1.807) is 12.1 Å². The number of hydrogen-bond donors (Lipinski definition) is 1. The Morgan fingerprint density at radius 1 is 1.22 bits per heavy atom. The van der Waals surface area contributed by atoms with E-state index in [4.69, 9.17) is 11.6 Å². The molecule has 1 unspecified atom stereocenters. The van der Waals surface area contributed by atoms with E-state index in [0.717, 1.165) is 31.5 Å². The van der Waals surface area contributed by atoms with Crippen LogP contribution < -0.4 is 5.32 Å². The highest BCUT2D eigenvalue weighted by molar-refractivity contribution is 6.30. The highest BCUT2D eigenvalue weighted by atomic mass is 35.5. The van der Waals surface area contributed by atoms with Crippen LogP contribution >= 0.6 is 11.6 Å². The van der Waals surface area contributed by atoms with E-state index in [0.29, 0.717) is 16.9 Å². The van der Waals surface area contributed by atoms with Crippen LogP contribution in [-0.4, -0.2) is 13.1 Å². The van der Waals surface area contributed by atoms with Gasteiger partial charge >= 0.3 is 0 Å². The van der Waals surface area contributed by atoms with Crippen molar-refractivity contribution in [3.8, 4) is 0 Å². The van der Waals surface area contributed by atoms with Gasteiger partial charge < -0.3 is 5.32 Å². The Kier molecular flexibility index (Phi) is 6.66. The number of halogens is 2. The minimum absolute atomic E-state index is 0.190. The van der Waals surface area contributed by atoms with Crippen LogP contribution in [0.1, 0.15) is 32.8 Å². The molecule has 0 bridgehead atoms. The lowest BCUT2D eigenvalue weighted by Crippen LogP contribution is -2.25. The first-order valence-corrected chi connectivity index (χ1v) is 7.01. The van der Waals surface area contributed by atoms with Gasteiger partial charge in [-0.15, -0.1) is 0 Å². The zero-order valence-electron chi connectivity index (χ0n) is 11.5. The van der Waals surface area contributed by atoms with Crippen molar-refractivity contribution >= 4 is 11.6 Å². The van der Waals surface area contributed by atoms with Crippen molar-refractivity contribution in [1.29, 1.82) is 0 Å². The fourth-order valence-electron chi connectivity index (χ4n) is 1.85. The molecule has 0 saturated heterocycles. The van der Waals surface area contributed by atoms with Crippen LogP contribution in [-0.2, 0) is 6.42 Å². The number of aryl methyl sites for hydroxylation is 1. The van der Waals surface area contributed by atoms with Gasteiger partial charge in [-0.25, -0.2) is 4.39 Å². The minimum atomic E-state index is -0.190. The number of nitrogens with one attached hydrogen (secondary N) is 1. The molecule has 0 radical (unpaired) electrons. The van der Waals surface area contributed by atoms with E-state index in [9.17, 15) is 4.39 Å². The highest BCUT2D eigenvalue weighted by Crippen LogP contribution is 2.17. The maximum absolute atomic E-state index is 13.6. The molecule has 3 heteroatoms. The molecule has 102 valence electrons. The lowest BCUT2D eigenvalue weighted by atomic mass is 10.0. The van der Waals surface area contributed by atoms with Crippen LogP contribution in [0.15, 0.2) is 18.2 Å². The SMILES string of the molecule is CC(C)CNCC(C)CCc1ccc(Cl)cc1F. The normalized spacial score (nSPS) is 13.0. The Morgan fingerprint density at radius 2 is 1.94 bits per heavy atom. The second kappa shape index (κ2) is 7.75. The fraction of sp³-hybridized carbons (Fsp3) is 0.600. The number of benzene rings is 1. The van der Waals surface area contributed by atoms with Gasteiger partial charge in [0, 0.05) is 5.02 Å². The maximum Gasteiger partial charge on any atom is 0.127 e. The summed E-state index contributed by atoms with van der Waals surface area (Å²) in [6.07, 6.45) is 1.76. The van der Waals surface area contributed by atoms with Gasteiger partial charge in [-0.2, -0.15) is 0 Å². The summed E-state index contributed by atoms with van der Waals surface area (Å²) in [5.41, 5.74) is 0.759. The Morgan fingerprint density at radius 3 is 2.56 bits per heavy atom. The molecule has 0 saturated carbocycles. The van der Waals surface area contributed by atoms with Crippen molar-refractivity contribution < 1.29 is 4.39 Å². The molecular formula is C15H23ClFN. The van der Waals surface area contributed by atoms with Crippen LogP contribution in [0.5, 0.6) is 0 Å². The summed E-state index contributed by atoms with van der Waals surface area (Å²) in [7, 11) is 0. The molecule has 0 amide bonds. The molecule has 1 aromatic rings. The predicted octanol–water partition coefficient (Wildman–Crippen LogP) is 4.29. The molecule has 0 spiro atoms. The molecular weight excluding hydrogens is 249 g/mol. The third-order valence-electron chi connectivity index (χ3n) is 2.97. The molecule has 1 aromatic carbocycles. The number of rotatable bonds is 7. The summed E-state index contributed by atoms with van der Waals surface area (Å²) in [4.78, 5) is 0. The Labute approximate surface area is 115 Å². The van der Waals surface area contributed by atoms with Gasteiger partial charge in [-0.1, -0.05) is 38.4 Å². The summed E-state index contributed by atoms with van der Waals surface area (Å²) >= 11 is 5.73. The molecule has 18 heavy (non-hydrogen) atoms. The molecule has 1 nitrogen and oxygen atoms in total. The van der Waals surface area contributed by atoms with E-state index in [2.05, 4.69) is 26.1 Å². The molecule has 0 aliphatic carbocycles. The maximum atomic E-state index is 13.6. The van der Waals surface area contributed by atoms with Crippen molar-refractivity contribution in [2.24, 2.45) is 11.8 Å². The lowest BCUT2D eigenvalue weighted by Gasteiger charge is -2.14. The van der Waals surface area contributed by atoms with Gasteiger partial charge in [0.15, 0.2) is 0 Å². The summed E-state index contributed by atoms with van der Waals surface area (Å²) in [5.74, 6) is 1.04. The van der Waals surface area contributed by atoms with Crippen molar-refractivity contribution in [1.82, 2.24) is 5.32 Å². The van der Waals surface area contributed by atoms with Crippen LogP contribution in [0.3, 0.4) is 0 Å². The first-order chi connectivity index (χ1) is 8.49. The highest BCUT2D eigenvalue weighted by Gasteiger charge is 2.07. The van der Waals surface area contributed by atoms with Crippen molar-refractivity contribution in [3.05, 3.63) is 34.6 Å². The van der Waals surface area contributed by atoms with Crippen LogP contribution in [0.2, 0.25) is 5.02 Å². The second-order valence-corrected chi connectivity index (χ2v) is 5.87. The molecule has 1 N–H and O–H groups in total. The zero-order valence-corrected chi connectivity index (χ0v) is 12.2. The number of hydrogen-bond acceptors (Lipinski definition) is 1. The fourth-order valence-corrected chi connectivity index (χ4v) is 2.01. The molecule has 0 aromatic heterocycles. The monoisotopic (exact) mass is 271 g/mol. The van der Waals surface area contributed by atoms with Crippen LogP contribution in [0.25, 0.3) is 0 Å². The minimum Gasteiger partial charge on any atom is -0.316 e. The standard InChI is InChI=1S/C15H23ClFN/c1-11(2)9-18-10-12(3)4-5-13-6-7-14(16)8-15(13)17/h6-8,11-12,18H,4-5,9-10H2,1-3H3. The van der Waals surface area contributed by atoms with Crippen molar-refractivity contribution in [2.75, 3.05) is 13.1 Å². The van der Waals surface area contributed by atoms with Gasteiger partial charge in [0.25, 0.3) is 0 Å². The smallest absolute Gasteiger partial charge is 0.127 e. The summed E-state index contributed by atoms with van der Waals surface area (Å²) in [6, 6.07) is 4.92. The zero-order chi connectivity index (χ0) is 13.5. The first-order valence-electron chi connectivity index (χ1n) is 6.63. The largest absolute Gasteiger partial charge is 0.316 e. The third-order valence-corrected chi connectivity index (χ3v) is 3.20. The van der Waals surface area contributed by atoms with Crippen molar-refractivity contribution in [2.45, 2.75) is 33.6 Å². The molecule has 0 fully saturated rings. The average Bonchev–Trinajstić information content (AvgIpc) is 2.27. The van der Waals surface area contributed by atoms with E-state index in [-0.39, 0.29) is 5.82 Å². The first kappa shape index (κ1) is 15.5. The van der Waals surface area contributed by atoms with Gasteiger partial charge in [0.1, 0.15) is 5.82 Å². The molecule has 0 heterocycles.